The molecule has 0 radical (unpaired) electrons. The number of rotatable bonds is 4. The third kappa shape index (κ3) is 3.93. The van der Waals surface area contributed by atoms with E-state index in [-0.39, 0.29) is 28.4 Å². The first-order chi connectivity index (χ1) is 14.4. The molecule has 154 valence electrons. The molecule has 0 spiro atoms. The van der Waals surface area contributed by atoms with Crippen molar-refractivity contribution in [2.45, 2.75) is 12.8 Å². The number of nitrogens with one attached hydrogen (secondary N) is 3. The molecule has 0 unspecified atom stereocenters. The van der Waals surface area contributed by atoms with Gasteiger partial charge in [0.15, 0.2) is 0 Å². The number of primary amides is 1. The van der Waals surface area contributed by atoms with Crippen LogP contribution in [0.1, 0.15) is 23.2 Å². The monoisotopic (exact) mass is 408 g/mol. The standard InChI is InChI=1S/C20H20N6O4/c21-16(27)11-5-7-26(8-6-11)14-3-1-13(2-4-14)23-18(28)12-9-15-17(22-10-12)24-20(30)25-19(15)29/h1-4,9-11H,5-8H2,(H2,21,27)(H,23,28)(H2,22,24,25,29,30). The summed E-state index contributed by atoms with van der Waals surface area (Å²) in [7, 11) is 0. The second kappa shape index (κ2) is 7.82. The molecular weight excluding hydrogens is 388 g/mol. The van der Waals surface area contributed by atoms with Crippen molar-refractivity contribution in [1.29, 1.82) is 0 Å². The Bertz CT molecular complexity index is 1220. The number of aromatic amines is 2. The molecule has 1 aliphatic rings. The molecular formula is C20H20N6O4. The fraction of sp³-hybridized carbons (Fsp3) is 0.250. The van der Waals surface area contributed by atoms with Gasteiger partial charge in [0.2, 0.25) is 5.91 Å². The zero-order chi connectivity index (χ0) is 21.3. The second-order valence-corrected chi connectivity index (χ2v) is 7.19. The number of piperidine rings is 1. The maximum atomic E-state index is 12.5. The van der Waals surface area contributed by atoms with E-state index in [4.69, 9.17) is 5.73 Å². The molecule has 0 bridgehead atoms. The predicted molar refractivity (Wildman–Crippen MR) is 112 cm³/mol. The molecule has 2 aromatic heterocycles. The highest BCUT2D eigenvalue weighted by Gasteiger charge is 2.23. The Morgan fingerprint density at radius 1 is 1.10 bits per heavy atom. The average molecular weight is 408 g/mol. The molecule has 5 N–H and O–H groups in total. The molecule has 30 heavy (non-hydrogen) atoms. The number of amides is 2. The van der Waals surface area contributed by atoms with Gasteiger partial charge in [-0.2, -0.15) is 0 Å². The van der Waals surface area contributed by atoms with Crippen LogP contribution in [0.15, 0.2) is 46.1 Å². The lowest BCUT2D eigenvalue weighted by Crippen LogP contribution is -2.38. The van der Waals surface area contributed by atoms with Crippen LogP contribution in [-0.4, -0.2) is 39.9 Å². The number of carbonyl (C=O) groups excluding carboxylic acids is 2. The molecule has 1 fully saturated rings. The number of hydrogen-bond acceptors (Lipinski definition) is 6. The van der Waals surface area contributed by atoms with Crippen LogP contribution in [0.25, 0.3) is 11.0 Å². The van der Waals surface area contributed by atoms with Crippen molar-refractivity contribution in [3.63, 3.8) is 0 Å². The molecule has 1 aromatic carbocycles. The van der Waals surface area contributed by atoms with E-state index in [9.17, 15) is 19.2 Å². The number of H-pyrrole nitrogens is 2. The van der Waals surface area contributed by atoms with Gasteiger partial charge in [0.25, 0.3) is 11.5 Å². The molecule has 0 aliphatic carbocycles. The summed E-state index contributed by atoms with van der Waals surface area (Å²) in [6.45, 7) is 1.50. The quantitative estimate of drug-likeness (QED) is 0.495. The lowest BCUT2D eigenvalue weighted by molar-refractivity contribution is -0.122. The zero-order valence-corrected chi connectivity index (χ0v) is 16.0. The van der Waals surface area contributed by atoms with Crippen molar-refractivity contribution in [1.82, 2.24) is 15.0 Å². The molecule has 2 amide bonds. The van der Waals surface area contributed by atoms with E-state index in [2.05, 4.69) is 25.2 Å². The van der Waals surface area contributed by atoms with Crippen molar-refractivity contribution in [2.75, 3.05) is 23.3 Å². The Kier molecular flexibility index (Phi) is 5.05. The van der Waals surface area contributed by atoms with Crippen molar-refractivity contribution in [2.24, 2.45) is 11.7 Å². The molecule has 3 heterocycles. The Morgan fingerprint density at radius 2 is 1.80 bits per heavy atom. The molecule has 10 heteroatoms. The van der Waals surface area contributed by atoms with Crippen LogP contribution >= 0.6 is 0 Å². The van der Waals surface area contributed by atoms with E-state index in [1.165, 1.54) is 12.3 Å². The number of hydrogen-bond donors (Lipinski definition) is 4. The van der Waals surface area contributed by atoms with E-state index in [1.807, 2.05) is 12.1 Å². The van der Waals surface area contributed by atoms with Crippen LogP contribution in [0.4, 0.5) is 11.4 Å². The molecule has 1 aliphatic heterocycles. The van der Waals surface area contributed by atoms with Gasteiger partial charge in [-0.15, -0.1) is 0 Å². The van der Waals surface area contributed by atoms with Crippen molar-refractivity contribution in [3.05, 3.63) is 62.9 Å². The second-order valence-electron chi connectivity index (χ2n) is 7.19. The van der Waals surface area contributed by atoms with Gasteiger partial charge >= 0.3 is 5.69 Å². The summed E-state index contributed by atoms with van der Waals surface area (Å²) in [5, 5.41) is 2.89. The van der Waals surface area contributed by atoms with Gasteiger partial charge in [0.1, 0.15) is 5.65 Å². The Labute approximate surface area is 170 Å². The van der Waals surface area contributed by atoms with Crippen molar-refractivity contribution >= 4 is 34.2 Å². The summed E-state index contributed by atoms with van der Waals surface area (Å²) in [6, 6.07) is 8.74. The lowest BCUT2D eigenvalue weighted by Gasteiger charge is -2.32. The third-order valence-corrected chi connectivity index (χ3v) is 5.24. The van der Waals surface area contributed by atoms with Crippen LogP contribution in [-0.2, 0) is 4.79 Å². The Balaban J connectivity index is 1.45. The van der Waals surface area contributed by atoms with E-state index >= 15 is 0 Å². The van der Waals surface area contributed by atoms with Crippen molar-refractivity contribution < 1.29 is 9.59 Å². The van der Waals surface area contributed by atoms with Crippen LogP contribution in [0.5, 0.6) is 0 Å². The van der Waals surface area contributed by atoms with E-state index in [0.29, 0.717) is 5.69 Å². The van der Waals surface area contributed by atoms with Crippen LogP contribution < -0.4 is 27.2 Å². The molecule has 10 nitrogen and oxygen atoms in total. The van der Waals surface area contributed by atoms with Gasteiger partial charge in [-0.05, 0) is 43.2 Å². The van der Waals surface area contributed by atoms with Gasteiger partial charge in [0, 0.05) is 36.6 Å². The molecule has 4 rings (SSSR count). The number of nitrogens with two attached hydrogens (primary N) is 1. The summed E-state index contributed by atoms with van der Waals surface area (Å²) in [5.41, 5.74) is 6.00. The summed E-state index contributed by atoms with van der Waals surface area (Å²) in [5.74, 6) is -0.741. The first kappa shape index (κ1) is 19.4. The highest BCUT2D eigenvalue weighted by Crippen LogP contribution is 2.24. The van der Waals surface area contributed by atoms with E-state index in [0.717, 1.165) is 31.6 Å². The van der Waals surface area contributed by atoms with Crippen LogP contribution in [0.2, 0.25) is 0 Å². The highest BCUT2D eigenvalue weighted by atomic mass is 16.2. The minimum absolute atomic E-state index is 0.0690. The fourth-order valence-corrected chi connectivity index (χ4v) is 3.55. The zero-order valence-electron chi connectivity index (χ0n) is 16.0. The maximum absolute atomic E-state index is 12.5. The van der Waals surface area contributed by atoms with Crippen molar-refractivity contribution in [3.8, 4) is 0 Å². The van der Waals surface area contributed by atoms with E-state index < -0.39 is 17.2 Å². The normalized spacial score (nSPS) is 14.6. The summed E-state index contributed by atoms with van der Waals surface area (Å²) < 4.78 is 0. The van der Waals surface area contributed by atoms with Crippen LogP contribution in [0.3, 0.4) is 0 Å². The molecule has 0 saturated carbocycles. The minimum Gasteiger partial charge on any atom is -0.371 e. The smallest absolute Gasteiger partial charge is 0.327 e. The van der Waals surface area contributed by atoms with E-state index in [1.54, 1.807) is 12.1 Å². The Hall–Kier alpha value is -3.95. The fourth-order valence-electron chi connectivity index (χ4n) is 3.55. The van der Waals surface area contributed by atoms with Gasteiger partial charge in [-0.25, -0.2) is 9.78 Å². The SMILES string of the molecule is NC(=O)C1CCN(c2ccc(NC(=O)c3cnc4[nH]c(=O)[nH]c(=O)c4c3)cc2)CC1. The van der Waals surface area contributed by atoms with Gasteiger partial charge < -0.3 is 16.0 Å². The number of nitrogens with zero attached hydrogens (tertiary/aromatic N) is 2. The maximum Gasteiger partial charge on any atom is 0.327 e. The number of carbonyl (C=O) groups is 2. The number of fused-ring (bicyclic) bond motifs is 1. The predicted octanol–water partition coefficient (Wildman–Crippen LogP) is 0.565. The van der Waals surface area contributed by atoms with Gasteiger partial charge in [-0.1, -0.05) is 0 Å². The number of pyridine rings is 1. The van der Waals surface area contributed by atoms with Gasteiger partial charge in [0.05, 0.1) is 10.9 Å². The first-order valence-corrected chi connectivity index (χ1v) is 9.49. The molecule has 3 aromatic rings. The molecule has 0 atom stereocenters. The summed E-state index contributed by atoms with van der Waals surface area (Å²) in [6.07, 6.45) is 2.75. The van der Waals surface area contributed by atoms with Crippen LogP contribution in [0, 0.1) is 5.92 Å². The lowest BCUT2D eigenvalue weighted by atomic mass is 9.96. The first-order valence-electron chi connectivity index (χ1n) is 9.49. The summed E-state index contributed by atoms with van der Waals surface area (Å²) >= 11 is 0. The highest BCUT2D eigenvalue weighted by molar-refractivity contribution is 6.05. The minimum atomic E-state index is -0.656. The topological polar surface area (TPSA) is 154 Å². The number of benzene rings is 1. The molecule has 1 saturated heterocycles. The third-order valence-electron chi connectivity index (χ3n) is 5.24. The number of aromatic nitrogens is 3. The van der Waals surface area contributed by atoms with Gasteiger partial charge in [-0.3, -0.25) is 24.4 Å². The largest absolute Gasteiger partial charge is 0.371 e. The number of anilines is 2. The summed E-state index contributed by atoms with van der Waals surface area (Å²) in [4.78, 5) is 57.7. The Morgan fingerprint density at radius 3 is 2.47 bits per heavy atom. The average Bonchev–Trinajstić information content (AvgIpc) is 2.74.